The van der Waals surface area contributed by atoms with Gasteiger partial charge in [-0.2, -0.15) is 5.10 Å². The SMILES string of the molecule is COC(=O)C(C)Oc1c(C=Nn2c(=O)[nH]c3ccccc3c2=O)cc(Cl)cc1[N+](=O)[O-]. The van der Waals surface area contributed by atoms with Crippen molar-refractivity contribution in [2.45, 2.75) is 13.0 Å². The van der Waals surface area contributed by atoms with Gasteiger partial charge in [0.05, 0.1) is 29.2 Å². The summed E-state index contributed by atoms with van der Waals surface area (Å²) in [6.07, 6.45) is -0.187. The van der Waals surface area contributed by atoms with E-state index in [0.29, 0.717) is 10.2 Å². The van der Waals surface area contributed by atoms with E-state index in [9.17, 15) is 24.5 Å². The van der Waals surface area contributed by atoms with Crippen molar-refractivity contribution < 1.29 is 19.2 Å². The highest BCUT2D eigenvalue weighted by atomic mass is 35.5. The molecule has 1 atom stereocenters. The van der Waals surface area contributed by atoms with Gasteiger partial charge in [-0.3, -0.25) is 14.9 Å². The van der Waals surface area contributed by atoms with Crippen LogP contribution in [-0.2, 0) is 9.53 Å². The number of benzene rings is 2. The number of H-pyrrole nitrogens is 1. The number of carbonyl (C=O) groups is 1. The molecule has 0 amide bonds. The number of nitrogens with one attached hydrogen (secondary N) is 1. The number of esters is 1. The molecule has 0 fully saturated rings. The van der Waals surface area contributed by atoms with E-state index in [0.717, 1.165) is 19.4 Å². The number of nitro benzene ring substituents is 1. The molecule has 3 rings (SSSR count). The summed E-state index contributed by atoms with van der Waals surface area (Å²) in [5, 5.41) is 15.5. The van der Waals surface area contributed by atoms with Crippen molar-refractivity contribution in [1.29, 1.82) is 0 Å². The molecule has 1 unspecified atom stereocenters. The number of para-hydroxylation sites is 1. The molecule has 0 saturated carbocycles. The van der Waals surface area contributed by atoms with Crippen molar-refractivity contribution in [3.05, 3.63) is 77.9 Å². The van der Waals surface area contributed by atoms with Gasteiger partial charge in [0, 0.05) is 16.7 Å². The molecule has 0 saturated heterocycles. The van der Waals surface area contributed by atoms with Gasteiger partial charge in [0.1, 0.15) is 0 Å². The minimum Gasteiger partial charge on any atom is -0.471 e. The highest BCUT2D eigenvalue weighted by Gasteiger charge is 2.25. The summed E-state index contributed by atoms with van der Waals surface area (Å²) in [4.78, 5) is 49.8. The number of methoxy groups -OCH3 is 1. The maximum atomic E-state index is 12.6. The number of nitro groups is 1. The molecule has 1 heterocycles. The van der Waals surface area contributed by atoms with Crippen molar-refractivity contribution in [3.63, 3.8) is 0 Å². The molecular weight excluding hydrogens is 432 g/mol. The summed E-state index contributed by atoms with van der Waals surface area (Å²) in [6.45, 7) is 1.34. The maximum Gasteiger partial charge on any atom is 0.349 e. The van der Waals surface area contributed by atoms with Gasteiger partial charge in [0.25, 0.3) is 5.56 Å². The van der Waals surface area contributed by atoms with Crippen LogP contribution in [0, 0.1) is 10.1 Å². The Hall–Kier alpha value is -3.99. The van der Waals surface area contributed by atoms with E-state index >= 15 is 0 Å². The average molecular weight is 447 g/mol. The minimum absolute atomic E-state index is 0.0222. The quantitative estimate of drug-likeness (QED) is 0.264. The fourth-order valence-corrected chi connectivity index (χ4v) is 2.95. The monoisotopic (exact) mass is 446 g/mol. The van der Waals surface area contributed by atoms with Crippen molar-refractivity contribution >= 4 is 40.4 Å². The number of rotatable bonds is 6. The van der Waals surface area contributed by atoms with Crippen LogP contribution in [0.2, 0.25) is 5.02 Å². The largest absolute Gasteiger partial charge is 0.471 e. The highest BCUT2D eigenvalue weighted by Crippen LogP contribution is 2.34. The Morgan fingerprint density at radius 2 is 2.03 bits per heavy atom. The van der Waals surface area contributed by atoms with Crippen LogP contribution in [0.4, 0.5) is 5.69 Å². The molecule has 0 spiro atoms. The molecule has 2 aromatic carbocycles. The van der Waals surface area contributed by atoms with E-state index < -0.39 is 33.9 Å². The fourth-order valence-electron chi connectivity index (χ4n) is 2.73. The normalized spacial score (nSPS) is 12.1. The van der Waals surface area contributed by atoms with Gasteiger partial charge in [-0.1, -0.05) is 23.7 Å². The Bertz CT molecular complexity index is 1330. The second-order valence-electron chi connectivity index (χ2n) is 6.22. The van der Waals surface area contributed by atoms with E-state index in [2.05, 4.69) is 14.8 Å². The number of hydrogen-bond acceptors (Lipinski definition) is 8. The number of aromatic amines is 1. The van der Waals surface area contributed by atoms with E-state index in [-0.39, 0.29) is 21.7 Å². The summed E-state index contributed by atoms with van der Waals surface area (Å²) in [5.74, 6) is -1.10. The Kier molecular flexibility index (Phi) is 6.16. The zero-order chi connectivity index (χ0) is 22.7. The highest BCUT2D eigenvalue weighted by molar-refractivity contribution is 6.31. The Morgan fingerprint density at radius 1 is 1.32 bits per heavy atom. The third-order valence-corrected chi connectivity index (χ3v) is 4.40. The first-order chi connectivity index (χ1) is 14.7. The average Bonchev–Trinajstić information content (AvgIpc) is 2.74. The van der Waals surface area contributed by atoms with Crippen LogP contribution < -0.4 is 16.0 Å². The topological polar surface area (TPSA) is 146 Å². The Balaban J connectivity index is 2.15. The molecule has 160 valence electrons. The first kappa shape index (κ1) is 21.7. The minimum atomic E-state index is -1.19. The fraction of sp³-hybridized carbons (Fsp3) is 0.158. The lowest BCUT2D eigenvalue weighted by molar-refractivity contribution is -0.386. The Morgan fingerprint density at radius 3 is 2.71 bits per heavy atom. The van der Waals surface area contributed by atoms with E-state index in [4.69, 9.17) is 16.3 Å². The summed E-state index contributed by atoms with van der Waals surface area (Å²) < 4.78 is 10.5. The molecule has 0 aliphatic carbocycles. The zero-order valence-electron chi connectivity index (χ0n) is 16.2. The molecular formula is C19H15ClN4O7. The van der Waals surface area contributed by atoms with E-state index in [1.54, 1.807) is 18.2 Å². The van der Waals surface area contributed by atoms with Crippen molar-refractivity contribution in [2.24, 2.45) is 5.10 Å². The molecule has 31 heavy (non-hydrogen) atoms. The Labute approximate surface area is 178 Å². The van der Waals surface area contributed by atoms with Gasteiger partial charge >= 0.3 is 17.3 Å². The third-order valence-electron chi connectivity index (χ3n) is 4.18. The number of fused-ring (bicyclic) bond motifs is 1. The second-order valence-corrected chi connectivity index (χ2v) is 6.66. The number of carbonyl (C=O) groups excluding carboxylic acids is 1. The smallest absolute Gasteiger partial charge is 0.349 e. The molecule has 1 aromatic heterocycles. The molecule has 0 bridgehead atoms. The number of hydrogen-bond donors (Lipinski definition) is 1. The summed E-state index contributed by atoms with van der Waals surface area (Å²) in [5.41, 5.74) is -1.75. The van der Waals surface area contributed by atoms with Crippen LogP contribution in [-0.4, -0.2) is 40.0 Å². The first-order valence-electron chi connectivity index (χ1n) is 8.73. The molecule has 3 aromatic rings. The standard InChI is InChI=1S/C19H15ClN4O7/c1-10(18(26)30-2)31-16-11(7-12(20)8-15(16)24(28)29)9-21-23-17(25)13-5-3-4-6-14(13)22-19(23)27/h3-10H,1-2H3,(H,22,27). The second kappa shape index (κ2) is 8.79. The first-order valence-corrected chi connectivity index (χ1v) is 9.11. The van der Waals surface area contributed by atoms with E-state index in [1.165, 1.54) is 19.1 Å². The lowest BCUT2D eigenvalue weighted by Gasteiger charge is -2.14. The molecule has 12 heteroatoms. The van der Waals surface area contributed by atoms with Gasteiger partial charge in [-0.25, -0.2) is 9.59 Å². The van der Waals surface area contributed by atoms with Crippen molar-refractivity contribution in [2.75, 3.05) is 7.11 Å². The number of nitrogens with zero attached hydrogens (tertiary/aromatic N) is 3. The lowest BCUT2D eigenvalue weighted by Crippen LogP contribution is -2.32. The van der Waals surface area contributed by atoms with Crippen LogP contribution in [0.3, 0.4) is 0 Å². The van der Waals surface area contributed by atoms with Gasteiger partial charge < -0.3 is 14.5 Å². The van der Waals surface area contributed by atoms with Crippen molar-refractivity contribution in [3.8, 4) is 5.75 Å². The van der Waals surface area contributed by atoms with Crippen LogP contribution in [0.1, 0.15) is 12.5 Å². The van der Waals surface area contributed by atoms with Crippen LogP contribution in [0.25, 0.3) is 10.9 Å². The molecule has 0 aliphatic heterocycles. The van der Waals surface area contributed by atoms with Gasteiger partial charge in [-0.05, 0) is 25.1 Å². The predicted molar refractivity (Wildman–Crippen MR) is 112 cm³/mol. The van der Waals surface area contributed by atoms with Crippen molar-refractivity contribution in [1.82, 2.24) is 9.66 Å². The predicted octanol–water partition coefficient (Wildman–Crippen LogP) is 2.07. The van der Waals surface area contributed by atoms with Gasteiger partial charge in [0.2, 0.25) is 5.75 Å². The van der Waals surface area contributed by atoms with Gasteiger partial charge in [-0.15, -0.1) is 4.68 Å². The van der Waals surface area contributed by atoms with Crippen LogP contribution >= 0.6 is 11.6 Å². The van der Waals surface area contributed by atoms with E-state index in [1.807, 2.05) is 0 Å². The molecule has 1 N–H and O–H groups in total. The molecule has 11 nitrogen and oxygen atoms in total. The maximum absolute atomic E-state index is 12.6. The number of halogens is 1. The summed E-state index contributed by atoms with van der Waals surface area (Å²) >= 11 is 5.97. The number of aromatic nitrogens is 2. The summed E-state index contributed by atoms with van der Waals surface area (Å²) in [7, 11) is 1.14. The third kappa shape index (κ3) is 4.46. The molecule has 0 radical (unpaired) electrons. The van der Waals surface area contributed by atoms with Gasteiger partial charge in [0.15, 0.2) is 6.10 Å². The summed E-state index contributed by atoms with van der Waals surface area (Å²) in [6, 6.07) is 8.66. The van der Waals surface area contributed by atoms with Crippen LogP contribution in [0.5, 0.6) is 5.75 Å². The van der Waals surface area contributed by atoms with Crippen LogP contribution in [0.15, 0.2) is 51.1 Å². The lowest BCUT2D eigenvalue weighted by atomic mass is 10.2. The zero-order valence-corrected chi connectivity index (χ0v) is 17.0. The molecule has 0 aliphatic rings. The number of ether oxygens (including phenoxy) is 2.